The second kappa shape index (κ2) is 6.12. The van der Waals surface area contributed by atoms with Crippen molar-refractivity contribution in [1.29, 1.82) is 0 Å². The predicted octanol–water partition coefficient (Wildman–Crippen LogP) is 2.26. The van der Waals surface area contributed by atoms with Gasteiger partial charge in [0.15, 0.2) is 11.6 Å². The summed E-state index contributed by atoms with van der Waals surface area (Å²) < 4.78 is 30.1. The number of carbonyl (C=O) groups excluding carboxylic acids is 1. The van der Waals surface area contributed by atoms with Crippen molar-refractivity contribution in [3.63, 3.8) is 0 Å². The zero-order valence-electron chi connectivity index (χ0n) is 11.0. The summed E-state index contributed by atoms with van der Waals surface area (Å²) in [5, 5.41) is 2.48. The molecule has 0 atom stereocenters. The second-order valence-electron chi connectivity index (χ2n) is 4.01. The molecule has 1 amide bonds. The highest BCUT2D eigenvalue weighted by Crippen LogP contribution is 2.22. The molecule has 0 aliphatic heterocycles. The molecule has 0 spiro atoms. The third-order valence-corrected chi connectivity index (χ3v) is 2.59. The van der Waals surface area contributed by atoms with Crippen molar-refractivity contribution in [1.82, 2.24) is 9.97 Å². The monoisotopic (exact) mass is 294 g/mol. The topological polar surface area (TPSA) is 90.1 Å². The second-order valence-corrected chi connectivity index (χ2v) is 4.01. The number of carbonyl (C=O) groups is 1. The van der Waals surface area contributed by atoms with Gasteiger partial charge >= 0.3 is 0 Å². The average Bonchev–Trinajstić information content (AvgIpc) is 2.49. The van der Waals surface area contributed by atoms with Gasteiger partial charge in [-0.3, -0.25) is 4.79 Å². The first-order chi connectivity index (χ1) is 10.0. The summed E-state index contributed by atoms with van der Waals surface area (Å²) in [6.45, 7) is 0. The third kappa shape index (κ3) is 3.41. The lowest BCUT2D eigenvalue weighted by Gasteiger charge is -2.08. The molecule has 6 nitrogen and oxygen atoms in total. The standard InChI is InChI=1S/C13H12F2N4O2/c1-21-10-5-7(6-17-12(10)16)18-13(20)9-4-2-3-8(19-9)11(14)15/h2-6,11H,1H3,(H2,16,17)(H,18,20). The Hall–Kier alpha value is -2.77. The van der Waals surface area contributed by atoms with E-state index in [0.717, 1.165) is 6.07 Å². The van der Waals surface area contributed by atoms with Gasteiger partial charge in [-0.2, -0.15) is 0 Å². The van der Waals surface area contributed by atoms with E-state index in [2.05, 4.69) is 15.3 Å². The maximum atomic E-state index is 12.5. The fourth-order valence-electron chi connectivity index (χ4n) is 1.58. The Morgan fingerprint density at radius 2 is 2.19 bits per heavy atom. The number of nitrogen functional groups attached to an aromatic ring is 1. The number of halogens is 2. The average molecular weight is 294 g/mol. The highest BCUT2D eigenvalue weighted by atomic mass is 19.3. The molecule has 2 aromatic heterocycles. The van der Waals surface area contributed by atoms with E-state index in [1.54, 1.807) is 0 Å². The summed E-state index contributed by atoms with van der Waals surface area (Å²) in [6, 6.07) is 5.29. The molecule has 0 saturated heterocycles. The Morgan fingerprint density at radius 1 is 1.43 bits per heavy atom. The van der Waals surface area contributed by atoms with Crippen LogP contribution < -0.4 is 15.8 Å². The van der Waals surface area contributed by atoms with E-state index >= 15 is 0 Å². The van der Waals surface area contributed by atoms with Crippen molar-refractivity contribution >= 4 is 17.4 Å². The Labute approximate surface area is 119 Å². The van der Waals surface area contributed by atoms with Crippen LogP contribution in [0.3, 0.4) is 0 Å². The van der Waals surface area contributed by atoms with Gasteiger partial charge in [0.25, 0.3) is 12.3 Å². The highest BCUT2D eigenvalue weighted by molar-refractivity contribution is 6.02. The van der Waals surface area contributed by atoms with Gasteiger partial charge in [0.1, 0.15) is 11.4 Å². The van der Waals surface area contributed by atoms with Crippen molar-refractivity contribution in [3.05, 3.63) is 41.9 Å². The number of alkyl halides is 2. The molecule has 2 heterocycles. The summed E-state index contributed by atoms with van der Waals surface area (Å²) in [5.74, 6) is -0.165. The van der Waals surface area contributed by atoms with Crippen molar-refractivity contribution in [3.8, 4) is 5.75 Å². The fraction of sp³-hybridized carbons (Fsp3) is 0.154. The third-order valence-electron chi connectivity index (χ3n) is 2.59. The molecular formula is C13H12F2N4O2. The van der Waals surface area contributed by atoms with E-state index in [1.165, 1.54) is 31.5 Å². The molecule has 0 aliphatic rings. The summed E-state index contributed by atoms with van der Waals surface area (Å²) in [6.07, 6.45) is -1.41. The summed E-state index contributed by atoms with van der Waals surface area (Å²) in [5.41, 5.74) is 5.28. The van der Waals surface area contributed by atoms with Gasteiger partial charge in [0, 0.05) is 6.07 Å². The van der Waals surface area contributed by atoms with Crippen LogP contribution in [0.25, 0.3) is 0 Å². The number of methoxy groups -OCH3 is 1. The first-order valence-corrected chi connectivity index (χ1v) is 5.87. The minimum absolute atomic E-state index is 0.122. The number of nitrogens with one attached hydrogen (secondary N) is 1. The van der Waals surface area contributed by atoms with Gasteiger partial charge in [0.05, 0.1) is 19.0 Å². The number of nitrogens with two attached hydrogens (primary N) is 1. The molecule has 110 valence electrons. The number of hydrogen-bond acceptors (Lipinski definition) is 5. The minimum Gasteiger partial charge on any atom is -0.493 e. The smallest absolute Gasteiger partial charge is 0.280 e. The maximum absolute atomic E-state index is 12.5. The van der Waals surface area contributed by atoms with Crippen LogP contribution in [0.1, 0.15) is 22.6 Å². The number of amides is 1. The highest BCUT2D eigenvalue weighted by Gasteiger charge is 2.14. The number of hydrogen-bond donors (Lipinski definition) is 2. The van der Waals surface area contributed by atoms with E-state index < -0.39 is 18.0 Å². The molecule has 21 heavy (non-hydrogen) atoms. The number of ether oxygens (including phenoxy) is 1. The first kappa shape index (κ1) is 14.6. The summed E-state index contributed by atoms with van der Waals surface area (Å²) in [4.78, 5) is 19.4. The first-order valence-electron chi connectivity index (χ1n) is 5.87. The SMILES string of the molecule is COc1cc(NC(=O)c2cccc(C(F)F)n2)cnc1N. The molecule has 0 unspecified atom stereocenters. The molecule has 8 heteroatoms. The quantitative estimate of drug-likeness (QED) is 0.902. The Morgan fingerprint density at radius 3 is 2.86 bits per heavy atom. The molecule has 0 radical (unpaired) electrons. The van der Waals surface area contributed by atoms with Gasteiger partial charge in [0.2, 0.25) is 0 Å². The van der Waals surface area contributed by atoms with Crippen LogP contribution in [0.15, 0.2) is 30.5 Å². The van der Waals surface area contributed by atoms with Crippen molar-refractivity contribution in [2.24, 2.45) is 0 Å². The zero-order chi connectivity index (χ0) is 15.4. The maximum Gasteiger partial charge on any atom is 0.280 e. The van der Waals surface area contributed by atoms with Crippen LogP contribution in [0.4, 0.5) is 20.3 Å². The molecule has 0 aliphatic carbocycles. The molecule has 0 aromatic carbocycles. The van der Waals surface area contributed by atoms with Crippen molar-refractivity contribution in [2.45, 2.75) is 6.43 Å². The van der Waals surface area contributed by atoms with Crippen LogP contribution >= 0.6 is 0 Å². The molecule has 0 bridgehead atoms. The number of aromatic nitrogens is 2. The Kier molecular flexibility index (Phi) is 4.27. The van der Waals surface area contributed by atoms with Crippen LogP contribution in [0.2, 0.25) is 0 Å². The number of rotatable bonds is 4. The fourth-order valence-corrected chi connectivity index (χ4v) is 1.58. The van der Waals surface area contributed by atoms with Gasteiger partial charge in [-0.05, 0) is 12.1 Å². The van der Waals surface area contributed by atoms with E-state index in [1.807, 2.05) is 0 Å². The minimum atomic E-state index is -2.74. The van der Waals surface area contributed by atoms with Crippen LogP contribution in [-0.4, -0.2) is 23.0 Å². The van der Waals surface area contributed by atoms with Gasteiger partial charge in [-0.1, -0.05) is 6.07 Å². The van der Waals surface area contributed by atoms with Crippen LogP contribution in [0, 0.1) is 0 Å². The lowest BCUT2D eigenvalue weighted by atomic mass is 10.3. The van der Waals surface area contributed by atoms with E-state index in [-0.39, 0.29) is 11.5 Å². The van der Waals surface area contributed by atoms with Gasteiger partial charge in [-0.25, -0.2) is 18.7 Å². The van der Waals surface area contributed by atoms with Gasteiger partial charge in [-0.15, -0.1) is 0 Å². The van der Waals surface area contributed by atoms with Crippen LogP contribution in [-0.2, 0) is 0 Å². The van der Waals surface area contributed by atoms with E-state index in [4.69, 9.17) is 10.5 Å². The molecule has 2 rings (SSSR count). The molecule has 0 saturated carbocycles. The van der Waals surface area contributed by atoms with E-state index in [0.29, 0.717) is 11.4 Å². The summed E-state index contributed by atoms with van der Waals surface area (Å²) >= 11 is 0. The zero-order valence-corrected chi connectivity index (χ0v) is 11.0. The van der Waals surface area contributed by atoms with Crippen molar-refractivity contribution < 1.29 is 18.3 Å². The van der Waals surface area contributed by atoms with Gasteiger partial charge < -0.3 is 15.8 Å². The Balaban J connectivity index is 2.20. The normalized spacial score (nSPS) is 10.5. The molecule has 2 aromatic rings. The number of pyridine rings is 2. The number of anilines is 2. The largest absolute Gasteiger partial charge is 0.493 e. The Bertz CT molecular complexity index is 664. The molecular weight excluding hydrogens is 282 g/mol. The molecule has 3 N–H and O–H groups in total. The van der Waals surface area contributed by atoms with Crippen molar-refractivity contribution in [2.75, 3.05) is 18.2 Å². The summed E-state index contributed by atoms with van der Waals surface area (Å²) in [7, 11) is 1.41. The van der Waals surface area contributed by atoms with Crippen LogP contribution in [0.5, 0.6) is 5.75 Å². The van der Waals surface area contributed by atoms with E-state index in [9.17, 15) is 13.6 Å². The lowest BCUT2D eigenvalue weighted by Crippen LogP contribution is -2.15. The predicted molar refractivity (Wildman–Crippen MR) is 72.3 cm³/mol. The number of nitrogens with zero attached hydrogens (tertiary/aromatic N) is 2. The molecule has 0 fully saturated rings. The lowest BCUT2D eigenvalue weighted by molar-refractivity contribution is 0.102.